The zero-order valence-electron chi connectivity index (χ0n) is 70.0. The van der Waals surface area contributed by atoms with E-state index in [4.69, 9.17) is 5.73 Å². The van der Waals surface area contributed by atoms with Crippen LogP contribution >= 0.6 is 0 Å². The van der Waals surface area contributed by atoms with Gasteiger partial charge < -0.3 is 10.6 Å². The van der Waals surface area contributed by atoms with Gasteiger partial charge in [-0.3, -0.25) is 24.5 Å². The lowest BCUT2D eigenvalue weighted by Gasteiger charge is -2.52. The number of alkyl halides is 8. The van der Waals surface area contributed by atoms with Crippen molar-refractivity contribution in [2.24, 2.45) is 88.1 Å². The second kappa shape index (κ2) is 41.3. The topological polar surface area (TPSA) is 51.9 Å². The summed E-state index contributed by atoms with van der Waals surface area (Å²) in [5.74, 6) is -0.463. The molecule has 588 valence electrons. The highest BCUT2D eigenvalue weighted by Gasteiger charge is 2.50. The summed E-state index contributed by atoms with van der Waals surface area (Å²) in [7, 11) is 0. The third-order valence-corrected chi connectivity index (χ3v) is 24.2. The molecule has 8 heterocycles. The van der Waals surface area contributed by atoms with Crippen LogP contribution in [0.25, 0.3) is 0 Å². The molecule has 17 heteroatoms. The molecule has 0 saturated carbocycles. The summed E-state index contributed by atoms with van der Waals surface area (Å²) in [6.07, 6.45) is 4.55. The third kappa shape index (κ3) is 29.8. The molecular formula is C81H163F8N9. The minimum absolute atomic E-state index is 0.0306. The van der Waals surface area contributed by atoms with Crippen LogP contribution in [0.15, 0.2) is 0 Å². The van der Waals surface area contributed by atoms with E-state index < -0.39 is 35.8 Å². The summed E-state index contributed by atoms with van der Waals surface area (Å²) < 4.78 is 109. The molecule has 5 atom stereocenters. The lowest BCUT2D eigenvalue weighted by molar-refractivity contribution is -0.196. The van der Waals surface area contributed by atoms with Crippen molar-refractivity contribution in [2.75, 3.05) is 85.1 Å². The van der Waals surface area contributed by atoms with Crippen LogP contribution in [0.1, 0.15) is 273 Å². The van der Waals surface area contributed by atoms with Gasteiger partial charge in [0, 0.05) is 143 Å². The minimum atomic E-state index is -2.60. The van der Waals surface area contributed by atoms with Crippen LogP contribution in [-0.2, 0) is 0 Å². The zero-order valence-corrected chi connectivity index (χ0v) is 70.0. The van der Waals surface area contributed by atoms with E-state index in [0.29, 0.717) is 55.1 Å². The molecule has 0 bridgehead atoms. The van der Waals surface area contributed by atoms with Crippen molar-refractivity contribution >= 4 is 0 Å². The number of hydrogen-bond donors (Lipinski definition) is 1. The molecule has 8 saturated heterocycles. The Bertz CT molecular complexity index is 1880. The van der Waals surface area contributed by atoms with Crippen LogP contribution in [-0.4, -0.2) is 208 Å². The molecule has 9 nitrogen and oxygen atoms in total. The largest absolute Gasteiger partial charge is 0.323 e. The fourth-order valence-electron chi connectivity index (χ4n) is 15.1. The summed E-state index contributed by atoms with van der Waals surface area (Å²) in [6.45, 7) is 81.1. The second-order valence-electron chi connectivity index (χ2n) is 37.0. The monoisotopic (exact) mass is 1410 g/mol. The molecule has 8 rings (SSSR count). The van der Waals surface area contributed by atoms with E-state index in [1.165, 1.54) is 48.9 Å². The number of nitrogens with two attached hydrogens (primary N) is 1. The average molecular weight is 1420 g/mol. The smallest absolute Gasteiger partial charge is 0.305 e. The Balaban J connectivity index is 0.000000562. The fraction of sp³-hybridized carbons (Fsp3) is 1.00. The van der Waals surface area contributed by atoms with Gasteiger partial charge in [0.15, 0.2) is 0 Å². The molecule has 0 spiro atoms. The number of piperidine rings is 4. The molecule has 0 aromatic carbocycles. The van der Waals surface area contributed by atoms with E-state index in [9.17, 15) is 35.1 Å². The van der Waals surface area contributed by atoms with Gasteiger partial charge in [0.25, 0.3) is 11.8 Å². The predicted molar refractivity (Wildman–Crippen MR) is 406 cm³/mol. The molecular weight excluding hydrogens is 1250 g/mol. The third-order valence-electron chi connectivity index (χ3n) is 24.2. The van der Waals surface area contributed by atoms with Crippen molar-refractivity contribution in [3.8, 4) is 0 Å². The first kappa shape index (κ1) is 95.1. The Hall–Kier alpha value is -0.920. The highest BCUT2D eigenvalue weighted by molar-refractivity contribution is 5.03. The molecule has 2 N–H and O–H groups in total. The normalized spacial score (nSPS) is 26.9. The Morgan fingerprint density at radius 2 is 0.633 bits per heavy atom. The van der Waals surface area contributed by atoms with Crippen LogP contribution < -0.4 is 5.73 Å². The summed E-state index contributed by atoms with van der Waals surface area (Å²) in [4.78, 5) is 16.5. The zero-order chi connectivity index (χ0) is 76.5. The summed E-state index contributed by atoms with van der Waals surface area (Å²) in [5, 5.41) is 0. The molecule has 5 unspecified atom stereocenters. The highest BCUT2D eigenvalue weighted by atomic mass is 19.3. The SMILES string of the molecule is CC(C)C1CCN(C(C)C)C(F)(F)C1.CC(C)C1CCN(C(C)C)C(F)(F)C1.CC(C)C1CCN(C(C)C)CC1(F)F.CC(C)C1CCN(C(C)C)CC1(F)F.CC(C)C1CCN1C(C)C.CC(C)C1CN(C(C)C)C1.CC(C)N1CC(C)(C(C)C)C1.CC(C)N1CC(N)(C(C)C)C1. The standard InChI is InChI=1S/4C11H21F2N.C10H21N.C9H20N2.2C9H19N/c2*1-8(2)10-5-6-14(9(3)4)7-11(10,12)13;2*1-8(2)10-5-6-14(9(3)4)11(12,13)7-10;1-8(2)10(5)6-11(7-10)9(3)4;1-7(2)9(10)5-11(6-9)8(3)4;1-7(2)9-5-10(6-9)8(3)4;1-7(2)9-5-6-10(9)8(3)4/h4*8-10H,5-7H2,1-4H3;8-9H,6-7H2,1-5H3;7-8H,5-6,10H2,1-4H3;2*7-9H,5-6H2,1-4H3. The number of hydrogen-bond acceptors (Lipinski definition) is 9. The average Bonchev–Trinajstić information content (AvgIpc) is 0.796. The first-order chi connectivity index (χ1) is 44.5. The van der Waals surface area contributed by atoms with Crippen molar-refractivity contribution < 1.29 is 35.1 Å². The van der Waals surface area contributed by atoms with Gasteiger partial charge in [-0.25, -0.2) is 27.4 Å². The van der Waals surface area contributed by atoms with Crippen LogP contribution in [0.2, 0.25) is 0 Å². The number of likely N-dealkylation sites (tertiary alicyclic amines) is 8. The lowest BCUT2D eigenvalue weighted by atomic mass is 9.72. The maximum Gasteiger partial charge on any atom is 0.305 e. The molecule has 8 aliphatic rings. The van der Waals surface area contributed by atoms with Crippen molar-refractivity contribution in [1.29, 1.82) is 0 Å². The molecule has 0 aromatic heterocycles. The first-order valence-corrected chi connectivity index (χ1v) is 39.8. The molecule has 0 radical (unpaired) electrons. The van der Waals surface area contributed by atoms with Crippen molar-refractivity contribution in [2.45, 2.75) is 357 Å². The summed E-state index contributed by atoms with van der Waals surface area (Å²) in [6, 6.07) is -1.06. The number of nitrogens with zero attached hydrogens (tertiary/aromatic N) is 8. The number of halogens is 8. The molecule has 98 heavy (non-hydrogen) atoms. The van der Waals surface area contributed by atoms with Gasteiger partial charge in [-0.2, -0.15) is 17.6 Å². The Kier molecular flexibility index (Phi) is 40.0. The second-order valence-corrected chi connectivity index (χ2v) is 37.0. The quantitative estimate of drug-likeness (QED) is 0.120. The van der Waals surface area contributed by atoms with Crippen molar-refractivity contribution in [1.82, 2.24) is 39.2 Å². The van der Waals surface area contributed by atoms with Gasteiger partial charge in [0.1, 0.15) is 0 Å². The highest BCUT2D eigenvalue weighted by Crippen LogP contribution is 2.43. The van der Waals surface area contributed by atoms with Gasteiger partial charge in [0.05, 0.1) is 13.1 Å². The van der Waals surface area contributed by atoms with Crippen LogP contribution in [0.5, 0.6) is 0 Å². The fourth-order valence-corrected chi connectivity index (χ4v) is 15.1. The van der Waals surface area contributed by atoms with E-state index in [0.717, 1.165) is 86.9 Å². The van der Waals surface area contributed by atoms with Gasteiger partial charge >= 0.3 is 12.1 Å². The van der Waals surface area contributed by atoms with E-state index >= 15 is 0 Å². The maximum atomic E-state index is 13.7. The van der Waals surface area contributed by atoms with Crippen LogP contribution in [0, 0.1) is 82.3 Å². The summed E-state index contributed by atoms with van der Waals surface area (Å²) >= 11 is 0. The van der Waals surface area contributed by atoms with E-state index in [2.05, 4.69) is 137 Å². The van der Waals surface area contributed by atoms with Crippen LogP contribution in [0.4, 0.5) is 35.1 Å². The molecule has 8 aliphatic heterocycles. The van der Waals surface area contributed by atoms with Crippen molar-refractivity contribution in [3.63, 3.8) is 0 Å². The van der Waals surface area contributed by atoms with Gasteiger partial charge in [0.2, 0.25) is 0 Å². The first-order valence-electron chi connectivity index (χ1n) is 39.8. The maximum absolute atomic E-state index is 13.7. The molecule has 8 fully saturated rings. The predicted octanol–water partition coefficient (Wildman–Crippen LogP) is 20.3. The van der Waals surface area contributed by atoms with E-state index in [-0.39, 0.29) is 79.3 Å². The molecule has 0 aromatic rings. The molecule has 0 aliphatic carbocycles. The van der Waals surface area contributed by atoms with Crippen LogP contribution in [0.3, 0.4) is 0 Å². The van der Waals surface area contributed by atoms with Crippen molar-refractivity contribution in [3.05, 3.63) is 0 Å². The Morgan fingerprint density at radius 1 is 0.306 bits per heavy atom. The Morgan fingerprint density at radius 3 is 0.837 bits per heavy atom. The van der Waals surface area contributed by atoms with E-state index in [1.807, 2.05) is 121 Å². The molecule has 0 amide bonds. The van der Waals surface area contributed by atoms with Gasteiger partial charge in [-0.05, 0) is 226 Å². The van der Waals surface area contributed by atoms with Gasteiger partial charge in [-0.15, -0.1) is 0 Å². The number of rotatable bonds is 16. The summed E-state index contributed by atoms with van der Waals surface area (Å²) in [5.41, 5.74) is 6.84. The lowest BCUT2D eigenvalue weighted by Crippen LogP contribution is -2.71. The Labute approximate surface area is 602 Å². The minimum Gasteiger partial charge on any atom is -0.323 e. The van der Waals surface area contributed by atoms with E-state index in [1.54, 1.807) is 0 Å². The van der Waals surface area contributed by atoms with Gasteiger partial charge in [-0.1, -0.05) is 118 Å².